The molecule has 0 saturated heterocycles. The molecule has 3 rings (SSSR count). The van der Waals surface area contributed by atoms with Crippen LogP contribution in [0.2, 0.25) is 0 Å². The molecule has 2 heterocycles. The molecule has 0 aliphatic heterocycles. The average molecular weight is 341 g/mol. The van der Waals surface area contributed by atoms with Gasteiger partial charge in [-0.1, -0.05) is 12.1 Å². The summed E-state index contributed by atoms with van der Waals surface area (Å²) in [5, 5.41) is 7.19. The van der Waals surface area contributed by atoms with Gasteiger partial charge in [0, 0.05) is 24.4 Å². The Labute approximate surface area is 145 Å². The summed E-state index contributed by atoms with van der Waals surface area (Å²) in [6.07, 6.45) is 0.929. The van der Waals surface area contributed by atoms with E-state index in [1.807, 2.05) is 20.8 Å². The van der Waals surface area contributed by atoms with Gasteiger partial charge in [-0.05, 0) is 50.5 Å². The van der Waals surface area contributed by atoms with Gasteiger partial charge in [0.05, 0.1) is 0 Å². The Hall–Kier alpha value is -2.83. The summed E-state index contributed by atoms with van der Waals surface area (Å²) in [6, 6.07) is 6.09. The van der Waals surface area contributed by atoms with Crippen LogP contribution in [0.5, 0.6) is 0 Å². The number of fused-ring (bicyclic) bond motifs is 1. The highest BCUT2D eigenvalue weighted by molar-refractivity contribution is 5.76. The zero-order chi connectivity index (χ0) is 18.0. The third-order valence-electron chi connectivity index (χ3n) is 4.16. The maximum absolute atomic E-state index is 12.9. The Kier molecular flexibility index (Phi) is 4.74. The Morgan fingerprint density at radius 1 is 1.16 bits per heavy atom. The first-order chi connectivity index (χ1) is 11.9. The first-order valence-corrected chi connectivity index (χ1v) is 8.14. The van der Waals surface area contributed by atoms with E-state index in [0.717, 1.165) is 22.5 Å². The van der Waals surface area contributed by atoms with Crippen LogP contribution in [0.1, 0.15) is 34.8 Å². The molecular formula is C18H20FN5O. The minimum atomic E-state index is -0.285. The second-order valence-electron chi connectivity index (χ2n) is 6.04. The number of carbonyl (C=O) groups is 1. The van der Waals surface area contributed by atoms with Crippen molar-refractivity contribution in [2.45, 2.75) is 40.2 Å². The standard InChI is InChI=1S/C18H20FN5O/c1-11-16(12(2)24-18(21-11)22-13(3)23-24)8-9-17(25)20-10-14-4-6-15(19)7-5-14/h4-7H,8-10H2,1-3H3,(H,20,25). The largest absolute Gasteiger partial charge is 0.352 e. The van der Waals surface area contributed by atoms with Gasteiger partial charge in [-0.2, -0.15) is 10.1 Å². The van der Waals surface area contributed by atoms with Gasteiger partial charge in [0.2, 0.25) is 5.91 Å². The van der Waals surface area contributed by atoms with Crippen molar-refractivity contribution in [1.29, 1.82) is 0 Å². The van der Waals surface area contributed by atoms with Crippen molar-refractivity contribution < 1.29 is 9.18 Å². The molecule has 1 aromatic carbocycles. The molecule has 0 saturated carbocycles. The van der Waals surface area contributed by atoms with Crippen molar-refractivity contribution in [2.75, 3.05) is 0 Å². The lowest BCUT2D eigenvalue weighted by Crippen LogP contribution is -2.23. The van der Waals surface area contributed by atoms with E-state index in [4.69, 9.17) is 0 Å². The molecule has 0 aliphatic carbocycles. The number of hydrogen-bond donors (Lipinski definition) is 1. The van der Waals surface area contributed by atoms with Gasteiger partial charge < -0.3 is 5.32 Å². The predicted molar refractivity (Wildman–Crippen MR) is 91.6 cm³/mol. The third kappa shape index (κ3) is 3.81. The lowest BCUT2D eigenvalue weighted by atomic mass is 10.1. The lowest BCUT2D eigenvalue weighted by molar-refractivity contribution is -0.121. The third-order valence-corrected chi connectivity index (χ3v) is 4.16. The van der Waals surface area contributed by atoms with Crippen LogP contribution in [0.15, 0.2) is 24.3 Å². The summed E-state index contributed by atoms with van der Waals surface area (Å²) in [6.45, 7) is 6.09. The SMILES string of the molecule is Cc1nc2nc(C)c(CCC(=O)NCc3ccc(F)cc3)c(C)n2n1. The number of aromatic nitrogens is 4. The van der Waals surface area contributed by atoms with E-state index < -0.39 is 0 Å². The van der Waals surface area contributed by atoms with Crippen molar-refractivity contribution in [1.82, 2.24) is 24.9 Å². The highest BCUT2D eigenvalue weighted by Gasteiger charge is 2.13. The zero-order valence-corrected chi connectivity index (χ0v) is 14.5. The number of amides is 1. The predicted octanol–water partition coefficient (Wildman–Crippen LogP) is 2.44. The fraction of sp³-hybridized carbons (Fsp3) is 0.333. The molecule has 1 N–H and O–H groups in total. The molecule has 3 aromatic rings. The topological polar surface area (TPSA) is 72.2 Å². The first kappa shape index (κ1) is 17.0. The first-order valence-electron chi connectivity index (χ1n) is 8.14. The number of hydrogen-bond acceptors (Lipinski definition) is 4. The number of nitrogens with zero attached hydrogens (tertiary/aromatic N) is 4. The van der Waals surface area contributed by atoms with E-state index in [0.29, 0.717) is 31.0 Å². The fourth-order valence-corrected chi connectivity index (χ4v) is 2.80. The van der Waals surface area contributed by atoms with E-state index in [2.05, 4.69) is 20.4 Å². The summed E-state index contributed by atoms with van der Waals surface area (Å²) in [4.78, 5) is 20.8. The molecule has 7 heteroatoms. The van der Waals surface area contributed by atoms with Crippen LogP contribution < -0.4 is 5.32 Å². The minimum absolute atomic E-state index is 0.0574. The quantitative estimate of drug-likeness (QED) is 0.774. The molecule has 0 atom stereocenters. The molecule has 6 nitrogen and oxygen atoms in total. The maximum atomic E-state index is 12.9. The fourth-order valence-electron chi connectivity index (χ4n) is 2.80. The highest BCUT2D eigenvalue weighted by Crippen LogP contribution is 2.15. The molecule has 0 radical (unpaired) electrons. The van der Waals surface area contributed by atoms with Crippen LogP contribution in [0.25, 0.3) is 5.78 Å². The van der Waals surface area contributed by atoms with Crippen LogP contribution in [0, 0.1) is 26.6 Å². The normalized spacial score (nSPS) is 11.0. The monoisotopic (exact) mass is 341 g/mol. The van der Waals surface area contributed by atoms with E-state index in [9.17, 15) is 9.18 Å². The molecule has 2 aromatic heterocycles. The van der Waals surface area contributed by atoms with Crippen LogP contribution in [0.3, 0.4) is 0 Å². The van der Waals surface area contributed by atoms with Crippen molar-refractivity contribution in [3.05, 3.63) is 58.4 Å². The average Bonchev–Trinajstić information content (AvgIpc) is 2.94. The molecule has 0 spiro atoms. The lowest BCUT2D eigenvalue weighted by Gasteiger charge is -2.10. The summed E-state index contributed by atoms with van der Waals surface area (Å²) in [7, 11) is 0. The summed E-state index contributed by atoms with van der Waals surface area (Å²) in [5.41, 5.74) is 3.69. The molecule has 130 valence electrons. The van der Waals surface area contributed by atoms with Gasteiger partial charge in [0.1, 0.15) is 11.6 Å². The second-order valence-corrected chi connectivity index (χ2v) is 6.04. The molecular weight excluding hydrogens is 321 g/mol. The number of nitrogens with one attached hydrogen (secondary N) is 1. The summed E-state index contributed by atoms with van der Waals surface area (Å²) < 4.78 is 14.6. The Balaban J connectivity index is 1.63. The van der Waals surface area contributed by atoms with Crippen LogP contribution in [-0.2, 0) is 17.8 Å². The molecule has 0 aliphatic rings. The van der Waals surface area contributed by atoms with E-state index in [1.165, 1.54) is 12.1 Å². The number of carbonyl (C=O) groups excluding carboxylic acids is 1. The second kappa shape index (κ2) is 6.96. The number of rotatable bonds is 5. The van der Waals surface area contributed by atoms with Gasteiger partial charge in [0.15, 0.2) is 0 Å². The van der Waals surface area contributed by atoms with Gasteiger partial charge in [-0.15, -0.1) is 0 Å². The number of aryl methyl sites for hydroxylation is 3. The van der Waals surface area contributed by atoms with Gasteiger partial charge in [0.25, 0.3) is 5.78 Å². The summed E-state index contributed by atoms with van der Waals surface area (Å²) >= 11 is 0. The Morgan fingerprint density at radius 2 is 1.88 bits per heavy atom. The van der Waals surface area contributed by atoms with E-state index in [1.54, 1.807) is 16.6 Å². The van der Waals surface area contributed by atoms with Gasteiger partial charge in [-0.25, -0.2) is 13.9 Å². The van der Waals surface area contributed by atoms with Crippen LogP contribution in [-0.4, -0.2) is 25.5 Å². The van der Waals surface area contributed by atoms with Crippen molar-refractivity contribution in [3.8, 4) is 0 Å². The van der Waals surface area contributed by atoms with E-state index in [-0.39, 0.29) is 11.7 Å². The van der Waals surface area contributed by atoms with Crippen LogP contribution >= 0.6 is 0 Å². The Bertz CT molecular complexity index is 917. The minimum Gasteiger partial charge on any atom is -0.352 e. The molecule has 0 unspecified atom stereocenters. The number of halogens is 1. The van der Waals surface area contributed by atoms with Crippen molar-refractivity contribution in [2.24, 2.45) is 0 Å². The van der Waals surface area contributed by atoms with E-state index >= 15 is 0 Å². The maximum Gasteiger partial charge on any atom is 0.252 e. The zero-order valence-electron chi connectivity index (χ0n) is 14.5. The molecule has 1 amide bonds. The molecule has 0 fully saturated rings. The molecule has 0 bridgehead atoms. The number of benzene rings is 1. The summed E-state index contributed by atoms with van der Waals surface area (Å²) in [5.74, 6) is 0.909. The Morgan fingerprint density at radius 3 is 2.60 bits per heavy atom. The highest BCUT2D eigenvalue weighted by atomic mass is 19.1. The van der Waals surface area contributed by atoms with Crippen LogP contribution in [0.4, 0.5) is 4.39 Å². The van der Waals surface area contributed by atoms with Gasteiger partial charge >= 0.3 is 0 Å². The van der Waals surface area contributed by atoms with Crippen molar-refractivity contribution >= 4 is 11.7 Å². The van der Waals surface area contributed by atoms with Gasteiger partial charge in [-0.3, -0.25) is 4.79 Å². The molecule has 25 heavy (non-hydrogen) atoms. The van der Waals surface area contributed by atoms with Crippen molar-refractivity contribution in [3.63, 3.8) is 0 Å². The smallest absolute Gasteiger partial charge is 0.252 e.